The van der Waals surface area contributed by atoms with Crippen LogP contribution in [0.2, 0.25) is 0 Å². The Morgan fingerprint density at radius 2 is 2.19 bits per heavy atom. The van der Waals surface area contributed by atoms with Crippen molar-refractivity contribution in [2.45, 2.75) is 56.4 Å². The van der Waals surface area contributed by atoms with Gasteiger partial charge in [0.25, 0.3) is 0 Å². The Labute approximate surface area is 102 Å². The molecule has 1 aliphatic carbocycles. The SMILES string of the molecule is CC1SCCCC1N(CCC(=O)O)C1CC1. The van der Waals surface area contributed by atoms with E-state index >= 15 is 0 Å². The zero-order valence-corrected chi connectivity index (χ0v) is 10.7. The largest absolute Gasteiger partial charge is 0.481 e. The molecule has 4 heteroatoms. The van der Waals surface area contributed by atoms with Crippen LogP contribution in [0.5, 0.6) is 0 Å². The molecule has 0 spiro atoms. The van der Waals surface area contributed by atoms with Crippen LogP contribution in [0.15, 0.2) is 0 Å². The van der Waals surface area contributed by atoms with Gasteiger partial charge in [0.2, 0.25) is 0 Å². The van der Waals surface area contributed by atoms with Crippen LogP contribution in [0.1, 0.15) is 39.0 Å². The van der Waals surface area contributed by atoms with E-state index < -0.39 is 5.97 Å². The van der Waals surface area contributed by atoms with Gasteiger partial charge < -0.3 is 5.11 Å². The van der Waals surface area contributed by atoms with Crippen LogP contribution in [-0.2, 0) is 4.79 Å². The Morgan fingerprint density at radius 3 is 2.75 bits per heavy atom. The summed E-state index contributed by atoms with van der Waals surface area (Å²) in [5.74, 6) is 0.608. The maximum absolute atomic E-state index is 10.7. The first kappa shape index (κ1) is 12.2. The smallest absolute Gasteiger partial charge is 0.304 e. The summed E-state index contributed by atoms with van der Waals surface area (Å²) in [5, 5.41) is 9.47. The van der Waals surface area contributed by atoms with Gasteiger partial charge in [-0.15, -0.1) is 0 Å². The van der Waals surface area contributed by atoms with Gasteiger partial charge in [0.15, 0.2) is 0 Å². The molecule has 1 N–H and O–H groups in total. The summed E-state index contributed by atoms with van der Waals surface area (Å²) in [7, 11) is 0. The number of hydrogen-bond donors (Lipinski definition) is 1. The Hall–Kier alpha value is -0.220. The quantitative estimate of drug-likeness (QED) is 0.803. The molecular formula is C12H21NO2S. The van der Waals surface area contributed by atoms with Crippen molar-refractivity contribution in [3.8, 4) is 0 Å². The van der Waals surface area contributed by atoms with Crippen molar-refractivity contribution in [3.05, 3.63) is 0 Å². The van der Waals surface area contributed by atoms with E-state index in [-0.39, 0.29) is 0 Å². The van der Waals surface area contributed by atoms with Gasteiger partial charge in [-0.3, -0.25) is 9.69 Å². The van der Waals surface area contributed by atoms with Gasteiger partial charge in [0.05, 0.1) is 6.42 Å². The maximum Gasteiger partial charge on any atom is 0.304 e. The van der Waals surface area contributed by atoms with Crippen LogP contribution >= 0.6 is 11.8 Å². The van der Waals surface area contributed by atoms with Gasteiger partial charge in [-0.2, -0.15) is 11.8 Å². The molecule has 0 aromatic rings. The van der Waals surface area contributed by atoms with E-state index in [1.54, 1.807) is 0 Å². The monoisotopic (exact) mass is 243 g/mol. The molecule has 2 rings (SSSR count). The fourth-order valence-corrected chi connectivity index (χ4v) is 3.81. The second kappa shape index (κ2) is 5.41. The summed E-state index contributed by atoms with van der Waals surface area (Å²) in [6.07, 6.45) is 5.38. The molecule has 16 heavy (non-hydrogen) atoms. The molecule has 0 radical (unpaired) electrons. The molecule has 2 atom stereocenters. The number of nitrogens with zero attached hydrogens (tertiary/aromatic N) is 1. The van der Waals surface area contributed by atoms with E-state index in [2.05, 4.69) is 11.8 Å². The molecule has 0 amide bonds. The lowest BCUT2D eigenvalue weighted by Gasteiger charge is -2.38. The summed E-state index contributed by atoms with van der Waals surface area (Å²) in [4.78, 5) is 13.2. The molecule has 0 aromatic carbocycles. The lowest BCUT2D eigenvalue weighted by atomic mass is 10.1. The van der Waals surface area contributed by atoms with Crippen LogP contribution in [0, 0.1) is 0 Å². The molecule has 92 valence electrons. The first-order valence-corrected chi connectivity index (χ1v) is 7.32. The van der Waals surface area contributed by atoms with Crippen molar-refractivity contribution in [1.82, 2.24) is 4.90 Å². The average molecular weight is 243 g/mol. The van der Waals surface area contributed by atoms with E-state index in [9.17, 15) is 4.79 Å². The van der Waals surface area contributed by atoms with Crippen molar-refractivity contribution in [2.24, 2.45) is 0 Å². The summed E-state index contributed by atoms with van der Waals surface area (Å²) >= 11 is 2.04. The van der Waals surface area contributed by atoms with Crippen molar-refractivity contribution in [3.63, 3.8) is 0 Å². The number of rotatable bonds is 5. The van der Waals surface area contributed by atoms with E-state index in [1.165, 1.54) is 31.4 Å². The number of aliphatic carboxylic acids is 1. The van der Waals surface area contributed by atoms with E-state index in [1.807, 2.05) is 11.8 Å². The molecule has 2 fully saturated rings. The van der Waals surface area contributed by atoms with Crippen molar-refractivity contribution in [1.29, 1.82) is 0 Å². The molecule has 1 saturated heterocycles. The van der Waals surface area contributed by atoms with Crippen molar-refractivity contribution < 1.29 is 9.90 Å². The molecule has 2 aliphatic rings. The maximum atomic E-state index is 10.7. The molecule has 0 aromatic heterocycles. The van der Waals surface area contributed by atoms with Crippen LogP contribution < -0.4 is 0 Å². The normalized spacial score (nSPS) is 30.6. The topological polar surface area (TPSA) is 40.5 Å². The van der Waals surface area contributed by atoms with Gasteiger partial charge in [0, 0.05) is 23.9 Å². The highest BCUT2D eigenvalue weighted by Crippen LogP contribution is 2.36. The number of carboxylic acids is 1. The van der Waals surface area contributed by atoms with Crippen LogP contribution in [0.3, 0.4) is 0 Å². The second-order valence-corrected chi connectivity index (χ2v) is 6.38. The Kier molecular flexibility index (Phi) is 4.14. The summed E-state index contributed by atoms with van der Waals surface area (Å²) in [5.41, 5.74) is 0. The first-order valence-electron chi connectivity index (χ1n) is 6.27. The minimum absolute atomic E-state index is 0.296. The molecule has 1 aliphatic heterocycles. The van der Waals surface area contributed by atoms with Crippen molar-refractivity contribution >= 4 is 17.7 Å². The van der Waals surface area contributed by atoms with E-state index in [0.29, 0.717) is 23.8 Å². The first-order chi connectivity index (χ1) is 7.68. The van der Waals surface area contributed by atoms with Gasteiger partial charge in [-0.1, -0.05) is 6.92 Å². The highest BCUT2D eigenvalue weighted by atomic mass is 32.2. The van der Waals surface area contributed by atoms with E-state index in [4.69, 9.17) is 5.11 Å². The highest BCUT2D eigenvalue weighted by molar-refractivity contribution is 7.99. The average Bonchev–Trinajstić information content (AvgIpc) is 3.04. The Bertz CT molecular complexity index is 255. The number of hydrogen-bond acceptors (Lipinski definition) is 3. The van der Waals surface area contributed by atoms with Crippen LogP contribution in [0.4, 0.5) is 0 Å². The molecule has 1 heterocycles. The van der Waals surface area contributed by atoms with Crippen LogP contribution in [-0.4, -0.2) is 45.6 Å². The minimum Gasteiger partial charge on any atom is -0.481 e. The third-order valence-corrected chi connectivity index (χ3v) is 4.96. The third kappa shape index (κ3) is 3.14. The molecule has 3 nitrogen and oxygen atoms in total. The second-order valence-electron chi connectivity index (χ2n) is 4.90. The lowest BCUT2D eigenvalue weighted by molar-refractivity contribution is -0.137. The number of thioether (sulfide) groups is 1. The molecule has 2 unspecified atom stereocenters. The zero-order chi connectivity index (χ0) is 11.5. The van der Waals surface area contributed by atoms with Crippen molar-refractivity contribution in [2.75, 3.05) is 12.3 Å². The Balaban J connectivity index is 1.91. The standard InChI is InChI=1S/C12H21NO2S/c1-9-11(3-2-8-16-9)13(10-4-5-10)7-6-12(14)15/h9-11H,2-8H2,1H3,(H,14,15). The zero-order valence-electron chi connectivity index (χ0n) is 9.89. The summed E-state index contributed by atoms with van der Waals surface area (Å²) in [6, 6.07) is 1.30. The van der Waals surface area contributed by atoms with Gasteiger partial charge in [-0.25, -0.2) is 0 Å². The third-order valence-electron chi connectivity index (χ3n) is 3.59. The fraction of sp³-hybridized carbons (Fsp3) is 0.917. The Morgan fingerprint density at radius 1 is 1.44 bits per heavy atom. The predicted molar refractivity (Wildman–Crippen MR) is 66.9 cm³/mol. The predicted octanol–water partition coefficient (Wildman–Crippen LogP) is 2.21. The number of carboxylic acid groups (broad SMARTS) is 1. The lowest BCUT2D eigenvalue weighted by Crippen LogP contribution is -2.45. The highest BCUT2D eigenvalue weighted by Gasteiger charge is 2.37. The van der Waals surface area contributed by atoms with Gasteiger partial charge in [-0.05, 0) is 31.4 Å². The summed E-state index contributed by atoms with van der Waals surface area (Å²) in [6.45, 7) is 3.04. The number of carbonyl (C=O) groups is 1. The molecule has 1 saturated carbocycles. The molecule has 0 bridgehead atoms. The fourth-order valence-electron chi connectivity index (χ4n) is 2.59. The van der Waals surface area contributed by atoms with E-state index in [0.717, 1.165) is 6.54 Å². The molecular weight excluding hydrogens is 222 g/mol. The van der Waals surface area contributed by atoms with Gasteiger partial charge >= 0.3 is 5.97 Å². The van der Waals surface area contributed by atoms with Crippen LogP contribution in [0.25, 0.3) is 0 Å². The van der Waals surface area contributed by atoms with Gasteiger partial charge in [0.1, 0.15) is 0 Å². The minimum atomic E-state index is -0.665. The summed E-state index contributed by atoms with van der Waals surface area (Å²) < 4.78 is 0.